The summed E-state index contributed by atoms with van der Waals surface area (Å²) in [7, 11) is -3.28. The lowest BCUT2D eigenvalue weighted by atomic mass is 10.3. The van der Waals surface area contributed by atoms with Crippen LogP contribution in [0.2, 0.25) is 0 Å². The van der Waals surface area contributed by atoms with Crippen LogP contribution in [0.1, 0.15) is 32.6 Å². The van der Waals surface area contributed by atoms with Crippen LogP contribution >= 0.6 is 0 Å². The second-order valence-electron chi connectivity index (χ2n) is 4.96. The highest BCUT2D eigenvalue weighted by Crippen LogP contribution is 2.30. The molecule has 0 radical (unpaired) electrons. The van der Waals surface area contributed by atoms with Crippen molar-refractivity contribution in [2.24, 2.45) is 0 Å². The third kappa shape index (κ3) is 3.30. The van der Waals surface area contributed by atoms with Crippen molar-refractivity contribution in [2.75, 3.05) is 11.9 Å². The molecule has 6 heteroatoms. The van der Waals surface area contributed by atoms with Gasteiger partial charge < -0.3 is 10.6 Å². The molecule has 0 aromatic heterocycles. The molecule has 110 valence electrons. The lowest BCUT2D eigenvalue weighted by Crippen LogP contribution is -2.28. The summed E-state index contributed by atoms with van der Waals surface area (Å²) in [5, 5.41) is 4.96. The van der Waals surface area contributed by atoms with Crippen molar-refractivity contribution in [1.29, 1.82) is 0 Å². The number of sulfone groups is 1. The normalized spacial score (nSPS) is 16.1. The number of amides is 2. The van der Waals surface area contributed by atoms with Crippen molar-refractivity contribution in [2.45, 2.75) is 42.8 Å². The Labute approximate surface area is 119 Å². The summed E-state index contributed by atoms with van der Waals surface area (Å²) in [6.45, 7) is 2.34. The average molecular weight is 296 g/mol. The van der Waals surface area contributed by atoms with E-state index < -0.39 is 9.84 Å². The molecule has 0 unspecified atom stereocenters. The van der Waals surface area contributed by atoms with Crippen molar-refractivity contribution in [3.05, 3.63) is 24.3 Å². The molecule has 20 heavy (non-hydrogen) atoms. The molecule has 0 atom stereocenters. The second kappa shape index (κ2) is 6.26. The van der Waals surface area contributed by atoms with Gasteiger partial charge >= 0.3 is 6.03 Å². The fourth-order valence-electron chi connectivity index (χ4n) is 2.48. The molecular weight excluding hydrogens is 276 g/mol. The van der Waals surface area contributed by atoms with Crippen LogP contribution in [-0.4, -0.2) is 26.2 Å². The van der Waals surface area contributed by atoms with Gasteiger partial charge in [0, 0.05) is 12.2 Å². The third-order valence-corrected chi connectivity index (χ3v) is 5.76. The summed E-state index contributed by atoms with van der Waals surface area (Å²) in [6.07, 6.45) is 3.41. The molecule has 0 heterocycles. The fourth-order valence-corrected chi connectivity index (χ4v) is 4.38. The number of anilines is 1. The van der Waals surface area contributed by atoms with Gasteiger partial charge in [-0.05, 0) is 38.0 Å². The minimum atomic E-state index is -3.28. The summed E-state index contributed by atoms with van der Waals surface area (Å²) in [5.74, 6) is 0. The molecule has 2 rings (SSSR count). The van der Waals surface area contributed by atoms with Gasteiger partial charge in [0.25, 0.3) is 0 Å². The Bertz CT molecular complexity index is 578. The molecule has 5 nitrogen and oxygen atoms in total. The zero-order valence-electron chi connectivity index (χ0n) is 11.6. The standard InChI is InChI=1S/C14H20N2O3S/c1-2-15-14(17)16-11-6-5-9-13(10-11)20(18,19)12-7-3-4-8-12/h5-6,9-10,12H,2-4,7-8H2,1H3,(H2,15,16,17). The first-order chi connectivity index (χ1) is 9.54. The van der Waals surface area contributed by atoms with E-state index in [-0.39, 0.29) is 11.3 Å². The van der Waals surface area contributed by atoms with Crippen molar-refractivity contribution in [1.82, 2.24) is 5.32 Å². The minimum Gasteiger partial charge on any atom is -0.338 e. The molecule has 1 fully saturated rings. The predicted octanol–water partition coefficient (Wildman–Crippen LogP) is 2.54. The molecule has 2 N–H and O–H groups in total. The van der Waals surface area contributed by atoms with E-state index in [1.807, 2.05) is 6.92 Å². The fraction of sp³-hybridized carbons (Fsp3) is 0.500. The number of carbonyl (C=O) groups excluding carboxylic acids is 1. The molecule has 1 saturated carbocycles. The average Bonchev–Trinajstić information content (AvgIpc) is 2.94. The molecule has 0 bridgehead atoms. The maximum Gasteiger partial charge on any atom is 0.319 e. The van der Waals surface area contributed by atoms with Gasteiger partial charge in [-0.3, -0.25) is 0 Å². The molecule has 1 aliphatic rings. The molecule has 1 aromatic carbocycles. The SMILES string of the molecule is CCNC(=O)Nc1cccc(S(=O)(=O)C2CCCC2)c1. The van der Waals surface area contributed by atoms with Crippen LogP contribution < -0.4 is 10.6 Å². The van der Waals surface area contributed by atoms with Gasteiger partial charge in [0.1, 0.15) is 0 Å². The van der Waals surface area contributed by atoms with Crippen molar-refractivity contribution >= 4 is 21.6 Å². The predicted molar refractivity (Wildman–Crippen MR) is 78.6 cm³/mol. The Kier molecular flexibility index (Phi) is 4.65. The molecule has 1 aromatic rings. The summed E-state index contributed by atoms with van der Waals surface area (Å²) >= 11 is 0. The van der Waals surface area contributed by atoms with Gasteiger partial charge in [-0.1, -0.05) is 18.9 Å². The van der Waals surface area contributed by atoms with Crippen LogP contribution in [-0.2, 0) is 9.84 Å². The molecule has 0 aliphatic heterocycles. The number of hydrogen-bond donors (Lipinski definition) is 2. The third-order valence-electron chi connectivity index (χ3n) is 3.50. The smallest absolute Gasteiger partial charge is 0.319 e. The highest BCUT2D eigenvalue weighted by molar-refractivity contribution is 7.92. The zero-order valence-corrected chi connectivity index (χ0v) is 12.4. The lowest BCUT2D eigenvalue weighted by molar-refractivity contribution is 0.252. The highest BCUT2D eigenvalue weighted by Gasteiger charge is 2.30. The second-order valence-corrected chi connectivity index (χ2v) is 7.19. The quantitative estimate of drug-likeness (QED) is 0.896. The van der Waals surface area contributed by atoms with E-state index in [1.54, 1.807) is 18.2 Å². The molecule has 0 saturated heterocycles. The minimum absolute atomic E-state index is 0.276. The summed E-state index contributed by atoms with van der Waals surface area (Å²) in [5.41, 5.74) is 0.495. The van der Waals surface area contributed by atoms with Crippen LogP contribution in [0.3, 0.4) is 0 Å². The van der Waals surface area contributed by atoms with Crippen LogP contribution in [0.5, 0.6) is 0 Å². The first-order valence-electron chi connectivity index (χ1n) is 6.93. The Balaban J connectivity index is 2.18. The van der Waals surface area contributed by atoms with Crippen LogP contribution in [0.4, 0.5) is 10.5 Å². The number of benzene rings is 1. The topological polar surface area (TPSA) is 75.3 Å². The number of hydrogen-bond acceptors (Lipinski definition) is 3. The Morgan fingerprint density at radius 1 is 1.30 bits per heavy atom. The van der Waals surface area contributed by atoms with E-state index in [0.29, 0.717) is 17.1 Å². The van der Waals surface area contributed by atoms with Crippen LogP contribution in [0.15, 0.2) is 29.2 Å². The Morgan fingerprint density at radius 2 is 2.00 bits per heavy atom. The zero-order chi connectivity index (χ0) is 14.6. The van der Waals surface area contributed by atoms with E-state index in [0.717, 1.165) is 25.7 Å². The van der Waals surface area contributed by atoms with Gasteiger partial charge in [0.15, 0.2) is 9.84 Å². The Hall–Kier alpha value is -1.56. The Morgan fingerprint density at radius 3 is 2.65 bits per heavy atom. The molecular formula is C14H20N2O3S. The van der Waals surface area contributed by atoms with Crippen LogP contribution in [0, 0.1) is 0 Å². The highest BCUT2D eigenvalue weighted by atomic mass is 32.2. The van der Waals surface area contributed by atoms with E-state index >= 15 is 0 Å². The summed E-state index contributed by atoms with van der Waals surface area (Å²) in [4.78, 5) is 11.7. The summed E-state index contributed by atoms with van der Waals surface area (Å²) in [6, 6.07) is 6.13. The van der Waals surface area contributed by atoms with Gasteiger partial charge in [0.2, 0.25) is 0 Å². The van der Waals surface area contributed by atoms with Crippen LogP contribution in [0.25, 0.3) is 0 Å². The van der Waals surface area contributed by atoms with Gasteiger partial charge in [0.05, 0.1) is 10.1 Å². The number of rotatable bonds is 4. The van der Waals surface area contributed by atoms with Crippen molar-refractivity contribution < 1.29 is 13.2 Å². The molecule has 2 amide bonds. The maximum absolute atomic E-state index is 12.5. The van der Waals surface area contributed by atoms with E-state index in [9.17, 15) is 13.2 Å². The lowest BCUT2D eigenvalue weighted by Gasteiger charge is -2.12. The number of carbonyl (C=O) groups is 1. The summed E-state index contributed by atoms with van der Waals surface area (Å²) < 4.78 is 24.9. The van der Waals surface area contributed by atoms with Gasteiger partial charge in [-0.25, -0.2) is 13.2 Å². The number of urea groups is 1. The first-order valence-corrected chi connectivity index (χ1v) is 8.47. The van der Waals surface area contributed by atoms with E-state index in [1.165, 1.54) is 6.07 Å². The number of nitrogens with one attached hydrogen (secondary N) is 2. The van der Waals surface area contributed by atoms with Crippen molar-refractivity contribution in [3.8, 4) is 0 Å². The largest absolute Gasteiger partial charge is 0.338 e. The van der Waals surface area contributed by atoms with E-state index in [2.05, 4.69) is 10.6 Å². The first kappa shape index (κ1) is 14.8. The van der Waals surface area contributed by atoms with Crippen molar-refractivity contribution in [3.63, 3.8) is 0 Å². The van der Waals surface area contributed by atoms with Gasteiger partial charge in [-0.2, -0.15) is 0 Å². The molecule has 1 aliphatic carbocycles. The van der Waals surface area contributed by atoms with E-state index in [4.69, 9.17) is 0 Å². The van der Waals surface area contributed by atoms with Gasteiger partial charge in [-0.15, -0.1) is 0 Å². The molecule has 0 spiro atoms. The monoisotopic (exact) mass is 296 g/mol. The maximum atomic E-state index is 12.5.